The van der Waals surface area contributed by atoms with Gasteiger partial charge in [-0.1, -0.05) is 54.6 Å². The lowest BCUT2D eigenvalue weighted by atomic mass is 9.71. The molecule has 0 unspecified atom stereocenters. The van der Waals surface area contributed by atoms with Gasteiger partial charge in [0.15, 0.2) is 0 Å². The molecule has 0 N–H and O–H groups in total. The zero-order valence-corrected chi connectivity index (χ0v) is 10.8. The van der Waals surface area contributed by atoms with Crippen LogP contribution >= 0.6 is 0 Å². The Kier molecular flexibility index (Phi) is 2.44. The van der Waals surface area contributed by atoms with Crippen molar-refractivity contribution in [3.63, 3.8) is 0 Å². The van der Waals surface area contributed by atoms with Crippen LogP contribution < -0.4 is 0 Å². The van der Waals surface area contributed by atoms with Crippen molar-refractivity contribution in [2.45, 2.75) is 6.42 Å². The molecule has 3 aliphatic rings. The summed E-state index contributed by atoms with van der Waals surface area (Å²) in [6.07, 6.45) is 12.1. The first-order valence-electron chi connectivity index (χ1n) is 6.90. The van der Waals surface area contributed by atoms with Crippen molar-refractivity contribution < 1.29 is 4.74 Å². The quantitative estimate of drug-likeness (QED) is 0.726. The Hall–Kier alpha value is -2.02. The summed E-state index contributed by atoms with van der Waals surface area (Å²) in [5, 5.41) is 0. The van der Waals surface area contributed by atoms with Crippen molar-refractivity contribution in [3.05, 3.63) is 77.6 Å². The Balaban J connectivity index is 1.93. The van der Waals surface area contributed by atoms with E-state index in [0.29, 0.717) is 11.8 Å². The summed E-state index contributed by atoms with van der Waals surface area (Å²) in [4.78, 5) is 0. The molecule has 1 heterocycles. The third kappa shape index (κ3) is 1.69. The van der Waals surface area contributed by atoms with Gasteiger partial charge in [0.1, 0.15) is 0 Å². The Morgan fingerprint density at radius 1 is 1.05 bits per heavy atom. The van der Waals surface area contributed by atoms with Crippen molar-refractivity contribution in [3.8, 4) is 0 Å². The topological polar surface area (TPSA) is 9.23 Å². The van der Waals surface area contributed by atoms with E-state index in [-0.39, 0.29) is 0 Å². The van der Waals surface area contributed by atoms with Gasteiger partial charge in [-0.2, -0.15) is 0 Å². The molecule has 4 rings (SSSR count). The standard InChI is InChI=1S/C18H16O/c1-2-6-13(7-3-1)18-16-9-5-4-8-14(16)10-15-11-19-12-17(15)18/h1-9,12,14-15H,10-11H2/t14-,15+/m0/s1. The number of ether oxygens (including phenoxy) is 1. The smallest absolute Gasteiger partial charge is 0.0943 e. The number of fused-ring (bicyclic) bond motifs is 2. The van der Waals surface area contributed by atoms with Crippen molar-refractivity contribution >= 4 is 5.57 Å². The fraction of sp³-hybridized carbons (Fsp3) is 0.222. The van der Waals surface area contributed by atoms with E-state index in [1.807, 2.05) is 6.26 Å². The molecule has 0 aromatic heterocycles. The maximum Gasteiger partial charge on any atom is 0.0943 e. The van der Waals surface area contributed by atoms with E-state index < -0.39 is 0 Å². The minimum absolute atomic E-state index is 0.545. The fourth-order valence-corrected chi connectivity index (χ4v) is 3.37. The lowest BCUT2D eigenvalue weighted by Gasteiger charge is -2.31. The Morgan fingerprint density at radius 3 is 2.84 bits per heavy atom. The Morgan fingerprint density at radius 2 is 1.95 bits per heavy atom. The maximum atomic E-state index is 5.60. The Labute approximate surface area is 113 Å². The monoisotopic (exact) mass is 248 g/mol. The minimum Gasteiger partial charge on any atom is -0.500 e. The number of hydrogen-bond donors (Lipinski definition) is 0. The fourth-order valence-electron chi connectivity index (χ4n) is 3.37. The number of rotatable bonds is 1. The van der Waals surface area contributed by atoms with Crippen LogP contribution in [0.25, 0.3) is 5.57 Å². The van der Waals surface area contributed by atoms with E-state index in [1.54, 1.807) is 0 Å². The van der Waals surface area contributed by atoms with Crippen LogP contribution in [0, 0.1) is 11.8 Å². The van der Waals surface area contributed by atoms with E-state index in [1.165, 1.54) is 28.7 Å². The summed E-state index contributed by atoms with van der Waals surface area (Å²) < 4.78 is 5.60. The first-order valence-corrected chi connectivity index (χ1v) is 6.90. The molecular weight excluding hydrogens is 232 g/mol. The number of hydrogen-bond acceptors (Lipinski definition) is 1. The summed E-state index contributed by atoms with van der Waals surface area (Å²) in [6.45, 7) is 0.840. The van der Waals surface area contributed by atoms with Gasteiger partial charge in [-0.3, -0.25) is 0 Å². The molecule has 0 saturated heterocycles. The van der Waals surface area contributed by atoms with Crippen molar-refractivity contribution in [1.29, 1.82) is 0 Å². The van der Waals surface area contributed by atoms with E-state index >= 15 is 0 Å². The zero-order valence-electron chi connectivity index (χ0n) is 10.8. The van der Waals surface area contributed by atoms with Crippen LogP contribution in [0.15, 0.2) is 72.0 Å². The third-order valence-corrected chi connectivity index (χ3v) is 4.26. The number of benzene rings is 1. The first kappa shape index (κ1) is 10.9. The minimum atomic E-state index is 0.545. The molecular formula is C18H16O. The second-order valence-electron chi connectivity index (χ2n) is 5.39. The van der Waals surface area contributed by atoms with E-state index in [0.717, 1.165) is 6.61 Å². The van der Waals surface area contributed by atoms with Gasteiger partial charge in [-0.15, -0.1) is 0 Å². The summed E-state index contributed by atoms with van der Waals surface area (Å²) in [7, 11) is 0. The van der Waals surface area contributed by atoms with Gasteiger partial charge in [-0.25, -0.2) is 0 Å². The van der Waals surface area contributed by atoms with Crippen LogP contribution in [-0.2, 0) is 4.74 Å². The molecule has 1 aromatic rings. The van der Waals surface area contributed by atoms with E-state index in [2.05, 4.69) is 54.6 Å². The average molecular weight is 248 g/mol. The second kappa shape index (κ2) is 4.27. The van der Waals surface area contributed by atoms with Crippen molar-refractivity contribution in [2.24, 2.45) is 11.8 Å². The second-order valence-corrected chi connectivity index (χ2v) is 5.39. The van der Waals surface area contributed by atoms with E-state index in [9.17, 15) is 0 Å². The van der Waals surface area contributed by atoms with Crippen molar-refractivity contribution in [2.75, 3.05) is 6.61 Å². The third-order valence-electron chi connectivity index (χ3n) is 4.26. The van der Waals surface area contributed by atoms with Gasteiger partial charge in [0.25, 0.3) is 0 Å². The predicted octanol–water partition coefficient (Wildman–Crippen LogP) is 4.12. The molecule has 1 heteroatoms. The maximum absolute atomic E-state index is 5.60. The summed E-state index contributed by atoms with van der Waals surface area (Å²) in [5.41, 5.74) is 5.53. The lowest BCUT2D eigenvalue weighted by molar-refractivity contribution is 0.239. The summed E-state index contributed by atoms with van der Waals surface area (Å²) in [5.74, 6) is 1.10. The zero-order chi connectivity index (χ0) is 12.7. The molecule has 1 nitrogen and oxygen atoms in total. The molecule has 0 fully saturated rings. The summed E-state index contributed by atoms with van der Waals surface area (Å²) >= 11 is 0. The Bertz CT molecular complexity index is 616. The van der Waals surface area contributed by atoms with Crippen LogP contribution in [-0.4, -0.2) is 6.61 Å². The highest BCUT2D eigenvalue weighted by molar-refractivity contribution is 5.85. The molecule has 94 valence electrons. The van der Waals surface area contributed by atoms with E-state index in [4.69, 9.17) is 4.74 Å². The van der Waals surface area contributed by atoms with Crippen LogP contribution in [0.3, 0.4) is 0 Å². The highest BCUT2D eigenvalue weighted by Gasteiger charge is 2.34. The molecule has 1 aromatic carbocycles. The number of allylic oxidation sites excluding steroid dienone is 6. The van der Waals surface area contributed by atoms with Gasteiger partial charge in [0.2, 0.25) is 0 Å². The lowest BCUT2D eigenvalue weighted by Crippen LogP contribution is -2.20. The van der Waals surface area contributed by atoms with Crippen LogP contribution in [0.2, 0.25) is 0 Å². The van der Waals surface area contributed by atoms with Gasteiger partial charge in [-0.05, 0) is 23.1 Å². The molecule has 0 spiro atoms. The largest absolute Gasteiger partial charge is 0.500 e. The molecule has 2 atom stereocenters. The van der Waals surface area contributed by atoms with Gasteiger partial charge in [0, 0.05) is 17.4 Å². The highest BCUT2D eigenvalue weighted by atomic mass is 16.5. The molecule has 0 amide bonds. The van der Waals surface area contributed by atoms with Crippen molar-refractivity contribution in [1.82, 2.24) is 0 Å². The average Bonchev–Trinajstić information content (AvgIpc) is 2.93. The molecule has 0 bridgehead atoms. The van der Waals surface area contributed by atoms with Gasteiger partial charge < -0.3 is 4.74 Å². The summed E-state index contributed by atoms with van der Waals surface area (Å²) in [6, 6.07) is 10.7. The molecule has 1 aliphatic heterocycles. The SMILES string of the molecule is C1=CC2=C(c3ccccc3)C3=COC[C@H]3C[C@@H]2C=C1. The van der Waals surface area contributed by atoms with Crippen LogP contribution in [0.1, 0.15) is 12.0 Å². The highest BCUT2D eigenvalue weighted by Crippen LogP contribution is 2.47. The molecule has 0 radical (unpaired) electrons. The molecule has 0 saturated carbocycles. The van der Waals surface area contributed by atoms with Crippen LogP contribution in [0.5, 0.6) is 0 Å². The van der Waals surface area contributed by atoms with Gasteiger partial charge in [0.05, 0.1) is 12.9 Å². The predicted molar refractivity (Wildman–Crippen MR) is 77.3 cm³/mol. The van der Waals surface area contributed by atoms with Gasteiger partial charge >= 0.3 is 0 Å². The first-order chi connectivity index (χ1) is 9.43. The molecule has 2 aliphatic carbocycles. The normalized spacial score (nSPS) is 27.7. The molecule has 19 heavy (non-hydrogen) atoms. The van der Waals surface area contributed by atoms with Crippen LogP contribution in [0.4, 0.5) is 0 Å².